The van der Waals surface area contributed by atoms with Crippen molar-refractivity contribution >= 4 is 5.91 Å². The lowest BCUT2D eigenvalue weighted by Crippen LogP contribution is -2.59. The van der Waals surface area contributed by atoms with E-state index in [0.29, 0.717) is 12.5 Å². The summed E-state index contributed by atoms with van der Waals surface area (Å²) in [6.45, 7) is 8.16. The Balaban J connectivity index is 2.45. The highest BCUT2D eigenvalue weighted by molar-refractivity contribution is 5.84. The summed E-state index contributed by atoms with van der Waals surface area (Å²) in [5.74, 6) is 0.391. The van der Waals surface area contributed by atoms with Gasteiger partial charge in [-0.25, -0.2) is 0 Å². The van der Waals surface area contributed by atoms with E-state index in [1.807, 2.05) is 6.92 Å². The number of hydrogen-bond acceptors (Lipinski definition) is 4. The maximum Gasteiger partial charge on any atom is 0.238 e. The number of rotatable bonds is 8. The van der Waals surface area contributed by atoms with Gasteiger partial charge in [0, 0.05) is 26.3 Å². The molecule has 1 aliphatic heterocycles. The van der Waals surface area contributed by atoms with Crippen molar-refractivity contribution in [3.05, 3.63) is 0 Å². The highest BCUT2D eigenvalue weighted by Crippen LogP contribution is 2.16. The molecule has 0 aromatic rings. The molecule has 1 heterocycles. The summed E-state index contributed by atoms with van der Waals surface area (Å²) in [5.41, 5.74) is 4.90. The molecule has 19 heavy (non-hydrogen) atoms. The van der Waals surface area contributed by atoms with Crippen LogP contribution < -0.4 is 11.1 Å². The molecule has 1 saturated heterocycles. The lowest BCUT2D eigenvalue weighted by atomic mass is 9.97. The number of ether oxygens (including phenoxy) is 1. The number of likely N-dealkylation sites (N-methyl/N-ethyl adjacent to an activating group) is 1. The van der Waals surface area contributed by atoms with Crippen molar-refractivity contribution in [1.82, 2.24) is 10.2 Å². The molecular weight excluding hydrogens is 242 g/mol. The zero-order valence-electron chi connectivity index (χ0n) is 12.6. The van der Waals surface area contributed by atoms with Gasteiger partial charge in [0.15, 0.2) is 0 Å². The van der Waals surface area contributed by atoms with Crippen LogP contribution in [0.4, 0.5) is 0 Å². The predicted octanol–water partition coefficient (Wildman–Crippen LogP) is 0.588. The van der Waals surface area contributed by atoms with E-state index in [1.165, 1.54) is 0 Å². The molecule has 112 valence electrons. The number of primary amides is 1. The molecule has 5 nitrogen and oxygen atoms in total. The predicted molar refractivity (Wildman–Crippen MR) is 76.9 cm³/mol. The standard InChI is InChI=1S/C14H29N3O2/c1-4-7-16-14(2,13(15)18)11-17(3)10-12-5-8-19-9-6-12/h12,16H,4-11H2,1-3H3,(H2,15,18). The largest absolute Gasteiger partial charge is 0.381 e. The molecule has 1 rings (SSSR count). The van der Waals surface area contributed by atoms with Crippen LogP contribution in [-0.2, 0) is 9.53 Å². The van der Waals surface area contributed by atoms with Crippen molar-refractivity contribution < 1.29 is 9.53 Å². The number of nitrogens with zero attached hydrogens (tertiary/aromatic N) is 1. The van der Waals surface area contributed by atoms with Crippen LogP contribution in [0, 0.1) is 5.92 Å². The minimum Gasteiger partial charge on any atom is -0.381 e. The third-order valence-electron chi connectivity index (χ3n) is 3.81. The van der Waals surface area contributed by atoms with E-state index in [9.17, 15) is 4.79 Å². The maximum atomic E-state index is 11.7. The zero-order valence-corrected chi connectivity index (χ0v) is 12.6. The van der Waals surface area contributed by atoms with Crippen LogP contribution in [0.5, 0.6) is 0 Å². The SMILES string of the molecule is CCCNC(C)(CN(C)CC1CCOCC1)C(N)=O. The van der Waals surface area contributed by atoms with Crippen molar-refractivity contribution in [2.75, 3.05) is 39.9 Å². The summed E-state index contributed by atoms with van der Waals surface area (Å²) < 4.78 is 5.37. The fraction of sp³-hybridized carbons (Fsp3) is 0.929. The van der Waals surface area contributed by atoms with E-state index in [-0.39, 0.29) is 5.91 Å². The minimum atomic E-state index is -0.643. The summed E-state index contributed by atoms with van der Waals surface area (Å²) in [6, 6.07) is 0. The molecule has 1 aliphatic rings. The van der Waals surface area contributed by atoms with Gasteiger partial charge >= 0.3 is 0 Å². The number of nitrogens with two attached hydrogens (primary N) is 1. The van der Waals surface area contributed by atoms with Gasteiger partial charge in [-0.05, 0) is 45.7 Å². The second-order valence-electron chi connectivity index (χ2n) is 5.88. The van der Waals surface area contributed by atoms with E-state index in [2.05, 4.69) is 24.2 Å². The number of carbonyl (C=O) groups excluding carboxylic acids is 1. The van der Waals surface area contributed by atoms with Crippen molar-refractivity contribution in [1.29, 1.82) is 0 Å². The lowest BCUT2D eigenvalue weighted by molar-refractivity contribution is -0.124. The second kappa shape index (κ2) is 7.82. The third-order valence-corrected chi connectivity index (χ3v) is 3.81. The number of hydrogen-bond donors (Lipinski definition) is 2. The molecule has 0 saturated carbocycles. The minimum absolute atomic E-state index is 0.278. The Morgan fingerprint density at radius 3 is 2.63 bits per heavy atom. The molecule has 0 bridgehead atoms. The van der Waals surface area contributed by atoms with Gasteiger partial charge in [-0.15, -0.1) is 0 Å². The first-order valence-corrected chi connectivity index (χ1v) is 7.29. The fourth-order valence-electron chi connectivity index (χ4n) is 2.60. The van der Waals surface area contributed by atoms with Crippen molar-refractivity contribution in [2.24, 2.45) is 11.7 Å². The summed E-state index contributed by atoms with van der Waals surface area (Å²) in [5, 5.41) is 3.27. The number of nitrogens with one attached hydrogen (secondary N) is 1. The first-order chi connectivity index (χ1) is 8.98. The molecule has 0 radical (unpaired) electrons. The molecule has 0 aliphatic carbocycles. The Labute approximate surface area is 116 Å². The molecule has 1 fully saturated rings. The Kier molecular flexibility index (Phi) is 6.75. The quantitative estimate of drug-likeness (QED) is 0.678. The van der Waals surface area contributed by atoms with Gasteiger partial charge < -0.3 is 20.7 Å². The van der Waals surface area contributed by atoms with E-state index >= 15 is 0 Å². The third kappa shape index (κ3) is 5.47. The highest BCUT2D eigenvalue weighted by Gasteiger charge is 2.32. The first-order valence-electron chi connectivity index (χ1n) is 7.29. The molecular formula is C14H29N3O2. The molecule has 5 heteroatoms. The van der Waals surface area contributed by atoms with E-state index in [4.69, 9.17) is 10.5 Å². The monoisotopic (exact) mass is 271 g/mol. The molecule has 1 amide bonds. The number of carbonyl (C=O) groups is 1. The molecule has 0 spiro atoms. The fourth-order valence-corrected chi connectivity index (χ4v) is 2.60. The van der Waals surface area contributed by atoms with Gasteiger partial charge in [0.05, 0.1) is 0 Å². The molecule has 1 atom stereocenters. The van der Waals surface area contributed by atoms with Gasteiger partial charge in [0.2, 0.25) is 5.91 Å². The Morgan fingerprint density at radius 2 is 2.11 bits per heavy atom. The van der Waals surface area contributed by atoms with Crippen LogP contribution >= 0.6 is 0 Å². The van der Waals surface area contributed by atoms with Gasteiger partial charge in [-0.1, -0.05) is 6.92 Å². The van der Waals surface area contributed by atoms with Crippen molar-refractivity contribution in [3.63, 3.8) is 0 Å². The van der Waals surface area contributed by atoms with Crippen LogP contribution in [0.2, 0.25) is 0 Å². The van der Waals surface area contributed by atoms with Crippen LogP contribution in [-0.4, -0.2) is 56.2 Å². The van der Waals surface area contributed by atoms with Crippen molar-refractivity contribution in [2.45, 2.75) is 38.6 Å². The zero-order chi connectivity index (χ0) is 14.3. The molecule has 1 unspecified atom stereocenters. The van der Waals surface area contributed by atoms with Gasteiger partial charge in [-0.2, -0.15) is 0 Å². The Morgan fingerprint density at radius 1 is 1.47 bits per heavy atom. The smallest absolute Gasteiger partial charge is 0.238 e. The molecule has 3 N–H and O–H groups in total. The molecule has 0 aromatic heterocycles. The van der Waals surface area contributed by atoms with Crippen LogP contribution in [0.1, 0.15) is 33.1 Å². The summed E-state index contributed by atoms with van der Waals surface area (Å²) in [7, 11) is 2.06. The van der Waals surface area contributed by atoms with E-state index in [1.54, 1.807) is 0 Å². The summed E-state index contributed by atoms with van der Waals surface area (Å²) in [6.07, 6.45) is 3.21. The van der Waals surface area contributed by atoms with Crippen LogP contribution in [0.15, 0.2) is 0 Å². The maximum absolute atomic E-state index is 11.7. The van der Waals surface area contributed by atoms with Crippen molar-refractivity contribution in [3.8, 4) is 0 Å². The first kappa shape index (κ1) is 16.4. The van der Waals surface area contributed by atoms with E-state index < -0.39 is 5.54 Å². The highest BCUT2D eigenvalue weighted by atomic mass is 16.5. The Hall–Kier alpha value is -0.650. The second-order valence-corrected chi connectivity index (χ2v) is 5.88. The van der Waals surface area contributed by atoms with Gasteiger partial charge in [0.1, 0.15) is 5.54 Å². The topological polar surface area (TPSA) is 67.6 Å². The molecule has 0 aromatic carbocycles. The Bertz CT molecular complexity index is 280. The number of amides is 1. The van der Waals surface area contributed by atoms with Gasteiger partial charge in [0.25, 0.3) is 0 Å². The van der Waals surface area contributed by atoms with Crippen LogP contribution in [0.3, 0.4) is 0 Å². The summed E-state index contributed by atoms with van der Waals surface area (Å²) in [4.78, 5) is 13.9. The lowest BCUT2D eigenvalue weighted by Gasteiger charge is -2.34. The normalized spacial score (nSPS) is 20.4. The summed E-state index contributed by atoms with van der Waals surface area (Å²) >= 11 is 0. The average Bonchev–Trinajstić information content (AvgIpc) is 2.37. The average molecular weight is 271 g/mol. The van der Waals surface area contributed by atoms with E-state index in [0.717, 1.165) is 45.6 Å². The van der Waals surface area contributed by atoms with Gasteiger partial charge in [-0.3, -0.25) is 4.79 Å². The van der Waals surface area contributed by atoms with Crippen LogP contribution in [0.25, 0.3) is 0 Å².